The van der Waals surface area contributed by atoms with E-state index in [0.29, 0.717) is 6.04 Å². The van der Waals surface area contributed by atoms with E-state index >= 15 is 0 Å². The van der Waals surface area contributed by atoms with E-state index in [9.17, 15) is 0 Å². The predicted molar refractivity (Wildman–Crippen MR) is 70.9 cm³/mol. The minimum atomic E-state index is 0.317. The Kier molecular flexibility index (Phi) is 3.99. The van der Waals surface area contributed by atoms with Crippen LogP contribution in [0, 0.1) is 0 Å². The molecule has 0 radical (unpaired) electrons. The summed E-state index contributed by atoms with van der Waals surface area (Å²) >= 11 is 0. The van der Waals surface area contributed by atoms with Crippen molar-refractivity contribution in [2.45, 2.75) is 26.3 Å². The van der Waals surface area contributed by atoms with Crippen LogP contribution in [0.5, 0.6) is 0 Å². The molecule has 0 saturated heterocycles. The van der Waals surface area contributed by atoms with Crippen molar-refractivity contribution in [2.75, 3.05) is 6.54 Å². The van der Waals surface area contributed by atoms with Gasteiger partial charge in [0.05, 0.1) is 6.04 Å². The standard InChI is InChI=1S/C15H19NO/c1-3-13(16-4-2)15-11-10-14(17-15)12-8-6-5-7-9-12/h5-11,13,16H,3-4H2,1-2H3. The molecule has 0 aliphatic heterocycles. The van der Waals surface area contributed by atoms with Crippen LogP contribution in [0.15, 0.2) is 46.9 Å². The van der Waals surface area contributed by atoms with Gasteiger partial charge in [-0.3, -0.25) is 0 Å². The smallest absolute Gasteiger partial charge is 0.134 e. The van der Waals surface area contributed by atoms with Crippen molar-refractivity contribution >= 4 is 0 Å². The van der Waals surface area contributed by atoms with Crippen molar-refractivity contribution in [3.8, 4) is 11.3 Å². The largest absolute Gasteiger partial charge is 0.459 e. The number of benzene rings is 1. The van der Waals surface area contributed by atoms with Gasteiger partial charge in [0, 0.05) is 5.56 Å². The van der Waals surface area contributed by atoms with Crippen molar-refractivity contribution in [3.05, 3.63) is 48.2 Å². The third kappa shape index (κ3) is 2.77. The average Bonchev–Trinajstić information content (AvgIpc) is 2.86. The van der Waals surface area contributed by atoms with Crippen LogP contribution in [0.3, 0.4) is 0 Å². The molecule has 17 heavy (non-hydrogen) atoms. The lowest BCUT2D eigenvalue weighted by Crippen LogP contribution is -2.19. The zero-order valence-electron chi connectivity index (χ0n) is 10.4. The summed E-state index contributed by atoms with van der Waals surface area (Å²) in [7, 11) is 0. The van der Waals surface area contributed by atoms with E-state index in [1.807, 2.05) is 24.3 Å². The van der Waals surface area contributed by atoms with E-state index in [4.69, 9.17) is 4.42 Å². The second-order valence-corrected chi connectivity index (χ2v) is 4.09. The highest BCUT2D eigenvalue weighted by molar-refractivity contribution is 5.57. The fraction of sp³-hybridized carbons (Fsp3) is 0.333. The van der Waals surface area contributed by atoms with E-state index in [-0.39, 0.29) is 0 Å². The third-order valence-corrected chi connectivity index (χ3v) is 2.89. The molecular formula is C15H19NO. The molecule has 0 aliphatic carbocycles. The van der Waals surface area contributed by atoms with Crippen LogP contribution in [0.1, 0.15) is 32.1 Å². The van der Waals surface area contributed by atoms with Crippen molar-refractivity contribution in [2.24, 2.45) is 0 Å². The topological polar surface area (TPSA) is 25.2 Å². The quantitative estimate of drug-likeness (QED) is 0.838. The lowest BCUT2D eigenvalue weighted by molar-refractivity contribution is 0.417. The summed E-state index contributed by atoms with van der Waals surface area (Å²) in [6.07, 6.45) is 1.04. The first-order valence-corrected chi connectivity index (χ1v) is 6.23. The average molecular weight is 229 g/mol. The Morgan fingerprint density at radius 2 is 1.82 bits per heavy atom. The Morgan fingerprint density at radius 1 is 1.06 bits per heavy atom. The highest BCUT2D eigenvalue weighted by Gasteiger charge is 2.12. The van der Waals surface area contributed by atoms with Gasteiger partial charge in [0.15, 0.2) is 0 Å². The van der Waals surface area contributed by atoms with Crippen LogP contribution in [-0.2, 0) is 0 Å². The molecule has 1 atom stereocenters. The van der Waals surface area contributed by atoms with E-state index in [2.05, 4.69) is 37.4 Å². The summed E-state index contributed by atoms with van der Waals surface area (Å²) < 4.78 is 5.91. The van der Waals surface area contributed by atoms with Gasteiger partial charge in [-0.1, -0.05) is 44.2 Å². The fourth-order valence-corrected chi connectivity index (χ4v) is 1.99. The van der Waals surface area contributed by atoms with Gasteiger partial charge in [0.2, 0.25) is 0 Å². The lowest BCUT2D eigenvalue weighted by Gasteiger charge is -2.12. The zero-order valence-corrected chi connectivity index (χ0v) is 10.4. The number of hydrogen-bond acceptors (Lipinski definition) is 2. The molecule has 2 nitrogen and oxygen atoms in total. The van der Waals surface area contributed by atoms with E-state index in [0.717, 1.165) is 30.0 Å². The summed E-state index contributed by atoms with van der Waals surface area (Å²) in [6, 6.07) is 14.6. The van der Waals surface area contributed by atoms with Gasteiger partial charge in [0.1, 0.15) is 11.5 Å². The number of hydrogen-bond donors (Lipinski definition) is 1. The Balaban J connectivity index is 2.21. The molecule has 0 spiro atoms. The molecule has 1 N–H and O–H groups in total. The summed E-state index contributed by atoms with van der Waals surface area (Å²) in [6.45, 7) is 5.24. The molecule has 1 unspecified atom stereocenters. The van der Waals surface area contributed by atoms with Gasteiger partial charge in [-0.15, -0.1) is 0 Å². The molecule has 2 rings (SSSR count). The minimum absolute atomic E-state index is 0.317. The van der Waals surface area contributed by atoms with E-state index in [1.165, 1.54) is 0 Å². The van der Waals surface area contributed by atoms with Crippen LogP contribution in [-0.4, -0.2) is 6.54 Å². The first-order valence-electron chi connectivity index (χ1n) is 6.23. The summed E-state index contributed by atoms with van der Waals surface area (Å²) in [5.41, 5.74) is 1.13. The highest BCUT2D eigenvalue weighted by Crippen LogP contribution is 2.26. The molecule has 2 aromatic rings. The first-order chi connectivity index (χ1) is 8.35. The molecule has 1 aromatic carbocycles. The Labute approximate surface area is 103 Å². The van der Waals surface area contributed by atoms with Gasteiger partial charge < -0.3 is 9.73 Å². The summed E-state index contributed by atoms with van der Waals surface area (Å²) in [4.78, 5) is 0. The Hall–Kier alpha value is -1.54. The molecule has 90 valence electrons. The molecule has 1 heterocycles. The molecule has 0 fully saturated rings. The maximum atomic E-state index is 5.91. The summed E-state index contributed by atoms with van der Waals surface area (Å²) in [5, 5.41) is 3.42. The van der Waals surface area contributed by atoms with Gasteiger partial charge in [0.25, 0.3) is 0 Å². The molecular weight excluding hydrogens is 210 g/mol. The Bertz CT molecular complexity index is 447. The SMILES string of the molecule is CCNC(CC)c1ccc(-c2ccccc2)o1. The van der Waals surface area contributed by atoms with Crippen LogP contribution in [0.4, 0.5) is 0 Å². The van der Waals surface area contributed by atoms with Crippen molar-refractivity contribution < 1.29 is 4.42 Å². The third-order valence-electron chi connectivity index (χ3n) is 2.89. The van der Waals surface area contributed by atoms with Gasteiger partial charge >= 0.3 is 0 Å². The number of rotatable bonds is 5. The molecule has 0 saturated carbocycles. The highest BCUT2D eigenvalue weighted by atomic mass is 16.3. The molecule has 0 aliphatic rings. The predicted octanol–water partition coefficient (Wildman–Crippen LogP) is 4.01. The van der Waals surface area contributed by atoms with Crippen molar-refractivity contribution in [1.29, 1.82) is 0 Å². The minimum Gasteiger partial charge on any atom is -0.459 e. The van der Waals surface area contributed by atoms with Crippen molar-refractivity contribution in [1.82, 2.24) is 5.32 Å². The molecule has 1 aromatic heterocycles. The number of furan rings is 1. The maximum absolute atomic E-state index is 5.91. The van der Waals surface area contributed by atoms with Crippen LogP contribution in [0.2, 0.25) is 0 Å². The lowest BCUT2D eigenvalue weighted by atomic mass is 10.1. The molecule has 0 bridgehead atoms. The normalized spacial score (nSPS) is 12.6. The van der Waals surface area contributed by atoms with E-state index < -0.39 is 0 Å². The number of nitrogens with one attached hydrogen (secondary N) is 1. The van der Waals surface area contributed by atoms with Crippen LogP contribution in [0.25, 0.3) is 11.3 Å². The zero-order chi connectivity index (χ0) is 12.1. The van der Waals surface area contributed by atoms with Gasteiger partial charge in [-0.25, -0.2) is 0 Å². The Morgan fingerprint density at radius 3 is 2.47 bits per heavy atom. The first kappa shape index (κ1) is 11.9. The van der Waals surface area contributed by atoms with Gasteiger partial charge in [-0.05, 0) is 25.1 Å². The van der Waals surface area contributed by atoms with Crippen LogP contribution < -0.4 is 5.32 Å². The monoisotopic (exact) mass is 229 g/mol. The fourth-order valence-electron chi connectivity index (χ4n) is 1.99. The second kappa shape index (κ2) is 5.69. The molecule has 0 amide bonds. The van der Waals surface area contributed by atoms with Crippen LogP contribution >= 0.6 is 0 Å². The summed E-state index contributed by atoms with van der Waals surface area (Å²) in [5.74, 6) is 1.96. The molecule has 2 heteroatoms. The van der Waals surface area contributed by atoms with Crippen molar-refractivity contribution in [3.63, 3.8) is 0 Å². The van der Waals surface area contributed by atoms with E-state index in [1.54, 1.807) is 0 Å². The second-order valence-electron chi connectivity index (χ2n) is 4.09. The maximum Gasteiger partial charge on any atom is 0.134 e. The van der Waals surface area contributed by atoms with Gasteiger partial charge in [-0.2, -0.15) is 0 Å².